The van der Waals surface area contributed by atoms with Gasteiger partial charge in [-0.05, 0) is 36.4 Å². The summed E-state index contributed by atoms with van der Waals surface area (Å²) < 4.78 is 0. The number of likely N-dealkylation sites (tertiary alicyclic amines) is 1. The molecule has 0 saturated carbocycles. The first-order chi connectivity index (χ1) is 12.1. The molecule has 1 saturated heterocycles. The number of likely N-dealkylation sites (N-methyl/N-ethyl adjacent to an activating group) is 1. The number of hydrogen-bond acceptors (Lipinski definition) is 4. The normalized spacial score (nSPS) is 15.0. The van der Waals surface area contributed by atoms with Crippen LogP contribution in [0.25, 0.3) is 0 Å². The molecule has 0 spiro atoms. The van der Waals surface area contributed by atoms with Crippen LogP contribution in [-0.2, 0) is 4.79 Å². The SMILES string of the molecule is CN(CC(=O)N1CCC(NC(=O)c2ccsc2)CC1)c1ccccc1. The first-order valence-corrected chi connectivity index (χ1v) is 9.45. The molecule has 6 heteroatoms. The lowest BCUT2D eigenvalue weighted by molar-refractivity contribution is -0.130. The van der Waals surface area contributed by atoms with Crippen molar-refractivity contribution in [1.29, 1.82) is 0 Å². The Kier molecular flexibility index (Phi) is 5.71. The molecule has 5 nitrogen and oxygen atoms in total. The monoisotopic (exact) mass is 357 g/mol. The molecular weight excluding hydrogens is 334 g/mol. The summed E-state index contributed by atoms with van der Waals surface area (Å²) in [7, 11) is 1.93. The second-order valence-electron chi connectivity index (χ2n) is 6.33. The topological polar surface area (TPSA) is 52.7 Å². The largest absolute Gasteiger partial charge is 0.365 e. The Labute approximate surface area is 152 Å². The maximum Gasteiger partial charge on any atom is 0.252 e. The Morgan fingerprint density at radius 2 is 1.92 bits per heavy atom. The number of anilines is 1. The third-order valence-corrected chi connectivity index (χ3v) is 5.22. The summed E-state index contributed by atoms with van der Waals surface area (Å²) in [6.07, 6.45) is 1.60. The molecule has 1 aliphatic heterocycles. The highest BCUT2D eigenvalue weighted by molar-refractivity contribution is 7.08. The minimum atomic E-state index is -0.0187. The molecule has 1 N–H and O–H groups in total. The standard InChI is InChI=1S/C19H23N3O2S/c1-21(17-5-3-2-4-6-17)13-18(23)22-10-7-16(8-11-22)20-19(24)15-9-12-25-14-15/h2-6,9,12,14,16H,7-8,10-11,13H2,1H3,(H,20,24). The first-order valence-electron chi connectivity index (χ1n) is 8.50. The van der Waals surface area contributed by atoms with Crippen molar-refractivity contribution >= 4 is 28.8 Å². The minimum absolute atomic E-state index is 0.0187. The lowest BCUT2D eigenvalue weighted by atomic mass is 10.0. The fourth-order valence-electron chi connectivity index (χ4n) is 3.01. The van der Waals surface area contributed by atoms with E-state index in [-0.39, 0.29) is 17.9 Å². The van der Waals surface area contributed by atoms with Gasteiger partial charge in [0.15, 0.2) is 0 Å². The summed E-state index contributed by atoms with van der Waals surface area (Å²) >= 11 is 1.52. The zero-order valence-corrected chi connectivity index (χ0v) is 15.2. The van der Waals surface area contributed by atoms with Crippen molar-refractivity contribution < 1.29 is 9.59 Å². The van der Waals surface area contributed by atoms with Gasteiger partial charge in [0, 0.05) is 42.8 Å². The van der Waals surface area contributed by atoms with Crippen LogP contribution in [0.15, 0.2) is 47.2 Å². The Morgan fingerprint density at radius 3 is 2.56 bits per heavy atom. The fourth-order valence-corrected chi connectivity index (χ4v) is 3.65. The Morgan fingerprint density at radius 1 is 1.20 bits per heavy atom. The van der Waals surface area contributed by atoms with Crippen LogP contribution in [0, 0.1) is 0 Å². The van der Waals surface area contributed by atoms with E-state index >= 15 is 0 Å². The van der Waals surface area contributed by atoms with Crippen LogP contribution in [-0.4, -0.2) is 49.4 Å². The van der Waals surface area contributed by atoms with Crippen molar-refractivity contribution in [2.75, 3.05) is 31.6 Å². The summed E-state index contributed by atoms with van der Waals surface area (Å²) in [6.45, 7) is 1.75. The molecule has 132 valence electrons. The van der Waals surface area contributed by atoms with Crippen LogP contribution in [0.4, 0.5) is 5.69 Å². The van der Waals surface area contributed by atoms with Crippen molar-refractivity contribution in [2.45, 2.75) is 18.9 Å². The summed E-state index contributed by atoms with van der Waals surface area (Å²) in [5.74, 6) is 0.115. The van der Waals surface area contributed by atoms with E-state index in [0.29, 0.717) is 25.2 Å². The predicted octanol–water partition coefficient (Wildman–Crippen LogP) is 2.61. The van der Waals surface area contributed by atoms with E-state index in [1.54, 1.807) is 0 Å². The van der Waals surface area contributed by atoms with Gasteiger partial charge in [-0.2, -0.15) is 11.3 Å². The van der Waals surface area contributed by atoms with Gasteiger partial charge in [0.1, 0.15) is 0 Å². The fraction of sp³-hybridized carbons (Fsp3) is 0.368. The molecule has 2 amide bonds. The molecule has 0 bridgehead atoms. The maximum absolute atomic E-state index is 12.5. The number of thiophene rings is 1. The van der Waals surface area contributed by atoms with Crippen LogP contribution >= 0.6 is 11.3 Å². The van der Waals surface area contributed by atoms with Crippen LogP contribution in [0.1, 0.15) is 23.2 Å². The highest BCUT2D eigenvalue weighted by Crippen LogP contribution is 2.15. The van der Waals surface area contributed by atoms with E-state index in [4.69, 9.17) is 0 Å². The van der Waals surface area contributed by atoms with Gasteiger partial charge < -0.3 is 15.1 Å². The number of hydrogen-bond donors (Lipinski definition) is 1. The summed E-state index contributed by atoms with van der Waals surface area (Å²) in [5, 5.41) is 6.82. The van der Waals surface area contributed by atoms with E-state index in [1.807, 2.05) is 64.0 Å². The third kappa shape index (κ3) is 4.60. The second-order valence-corrected chi connectivity index (χ2v) is 7.11. The van der Waals surface area contributed by atoms with Crippen LogP contribution in [0.2, 0.25) is 0 Å². The lowest BCUT2D eigenvalue weighted by Gasteiger charge is -2.33. The zero-order chi connectivity index (χ0) is 17.6. The molecule has 1 aromatic carbocycles. The molecule has 0 aliphatic carbocycles. The quantitative estimate of drug-likeness (QED) is 0.895. The van der Waals surface area contributed by atoms with E-state index in [9.17, 15) is 9.59 Å². The van der Waals surface area contributed by atoms with Crippen molar-refractivity contribution in [3.63, 3.8) is 0 Å². The Bertz CT molecular complexity index is 695. The Hall–Kier alpha value is -2.34. The molecule has 2 heterocycles. The van der Waals surface area contributed by atoms with Crippen LogP contribution in [0.3, 0.4) is 0 Å². The number of carbonyl (C=O) groups excluding carboxylic acids is 2. The van der Waals surface area contributed by atoms with Crippen molar-refractivity contribution in [3.05, 3.63) is 52.7 Å². The van der Waals surface area contributed by atoms with E-state index < -0.39 is 0 Å². The number of para-hydroxylation sites is 1. The van der Waals surface area contributed by atoms with E-state index in [2.05, 4.69) is 5.32 Å². The Balaban J connectivity index is 1.45. The van der Waals surface area contributed by atoms with Gasteiger partial charge in [-0.3, -0.25) is 9.59 Å². The number of nitrogens with zero attached hydrogens (tertiary/aromatic N) is 2. The molecule has 0 radical (unpaired) electrons. The highest BCUT2D eigenvalue weighted by Gasteiger charge is 2.24. The molecule has 2 aromatic rings. The van der Waals surface area contributed by atoms with Gasteiger partial charge in [0.25, 0.3) is 5.91 Å². The first kappa shape index (κ1) is 17.5. The maximum atomic E-state index is 12.5. The number of carbonyl (C=O) groups is 2. The molecule has 0 unspecified atom stereocenters. The lowest BCUT2D eigenvalue weighted by Crippen LogP contribution is -2.48. The van der Waals surface area contributed by atoms with Crippen molar-refractivity contribution in [2.24, 2.45) is 0 Å². The van der Waals surface area contributed by atoms with Crippen molar-refractivity contribution in [1.82, 2.24) is 10.2 Å². The molecule has 1 fully saturated rings. The average Bonchev–Trinajstić information content (AvgIpc) is 3.18. The molecule has 3 rings (SSSR count). The van der Waals surface area contributed by atoms with Gasteiger partial charge in [-0.15, -0.1) is 0 Å². The van der Waals surface area contributed by atoms with Gasteiger partial charge in [-0.1, -0.05) is 18.2 Å². The molecule has 25 heavy (non-hydrogen) atoms. The third-order valence-electron chi connectivity index (χ3n) is 4.54. The summed E-state index contributed by atoms with van der Waals surface area (Å²) in [4.78, 5) is 28.5. The second kappa shape index (κ2) is 8.16. The molecule has 1 aliphatic rings. The van der Waals surface area contributed by atoms with Gasteiger partial charge in [-0.25, -0.2) is 0 Å². The van der Waals surface area contributed by atoms with E-state index in [0.717, 1.165) is 18.5 Å². The van der Waals surface area contributed by atoms with Crippen molar-refractivity contribution in [3.8, 4) is 0 Å². The van der Waals surface area contributed by atoms with Gasteiger partial charge in [0.05, 0.1) is 6.54 Å². The average molecular weight is 357 g/mol. The number of piperidine rings is 1. The molecule has 1 aromatic heterocycles. The van der Waals surface area contributed by atoms with Crippen LogP contribution < -0.4 is 10.2 Å². The van der Waals surface area contributed by atoms with E-state index in [1.165, 1.54) is 11.3 Å². The number of benzene rings is 1. The van der Waals surface area contributed by atoms with Crippen LogP contribution in [0.5, 0.6) is 0 Å². The minimum Gasteiger partial charge on any atom is -0.365 e. The molecular formula is C19H23N3O2S. The number of amides is 2. The summed E-state index contributed by atoms with van der Waals surface area (Å²) in [6, 6.07) is 11.9. The predicted molar refractivity (Wildman–Crippen MR) is 101 cm³/mol. The van der Waals surface area contributed by atoms with Gasteiger partial charge in [0.2, 0.25) is 5.91 Å². The number of nitrogens with one attached hydrogen (secondary N) is 1. The molecule has 0 atom stereocenters. The number of rotatable bonds is 5. The highest BCUT2D eigenvalue weighted by atomic mass is 32.1. The summed E-state index contributed by atoms with van der Waals surface area (Å²) in [5.41, 5.74) is 1.75. The zero-order valence-electron chi connectivity index (χ0n) is 14.4. The smallest absolute Gasteiger partial charge is 0.252 e. The van der Waals surface area contributed by atoms with Gasteiger partial charge >= 0.3 is 0 Å².